The molecule has 202 valence electrons. The molecule has 0 saturated carbocycles. The number of nitrogens with one attached hydrogen (secondary N) is 1. The van der Waals surface area contributed by atoms with Gasteiger partial charge in [0.2, 0.25) is 28.6 Å². The summed E-state index contributed by atoms with van der Waals surface area (Å²) in [5.41, 5.74) is 0.868. The Labute approximate surface area is 227 Å². The van der Waals surface area contributed by atoms with E-state index in [1.807, 2.05) is 45.0 Å². The van der Waals surface area contributed by atoms with E-state index in [-0.39, 0.29) is 44.5 Å². The van der Waals surface area contributed by atoms with Crippen molar-refractivity contribution in [2.45, 2.75) is 58.7 Å². The average molecular weight is 597 g/mol. The first-order valence-electron chi connectivity index (χ1n) is 12.0. The molecule has 11 heteroatoms. The van der Waals surface area contributed by atoms with E-state index in [9.17, 15) is 18.0 Å². The fourth-order valence-corrected chi connectivity index (χ4v) is 5.11. The van der Waals surface area contributed by atoms with Crippen LogP contribution in [0.5, 0.6) is 11.5 Å². The monoisotopic (exact) mass is 595 g/mol. The van der Waals surface area contributed by atoms with Crippen molar-refractivity contribution in [3.63, 3.8) is 0 Å². The van der Waals surface area contributed by atoms with Crippen molar-refractivity contribution in [1.29, 1.82) is 0 Å². The van der Waals surface area contributed by atoms with Gasteiger partial charge in [0.05, 0.1) is 11.9 Å². The van der Waals surface area contributed by atoms with E-state index in [0.29, 0.717) is 17.2 Å². The number of nitrogens with zero attached hydrogens (tertiary/aromatic N) is 2. The smallest absolute Gasteiger partial charge is 0.242 e. The highest BCUT2D eigenvalue weighted by Crippen LogP contribution is 2.36. The first kappa shape index (κ1) is 28.8. The van der Waals surface area contributed by atoms with Crippen molar-refractivity contribution in [2.75, 3.05) is 23.9 Å². The van der Waals surface area contributed by atoms with Crippen molar-refractivity contribution in [3.8, 4) is 11.5 Å². The van der Waals surface area contributed by atoms with Gasteiger partial charge in [0, 0.05) is 35.6 Å². The Hall–Kier alpha value is -2.79. The average Bonchev–Trinajstić information content (AvgIpc) is 3.27. The van der Waals surface area contributed by atoms with Crippen LogP contribution < -0.4 is 19.1 Å². The maximum Gasteiger partial charge on any atom is 0.242 e. The second-order valence-corrected chi connectivity index (χ2v) is 12.9. The Kier molecular flexibility index (Phi) is 9.12. The summed E-state index contributed by atoms with van der Waals surface area (Å²) in [5, 5.41) is 2.94. The molecular formula is C26H34BrN3O6S. The molecule has 0 aliphatic carbocycles. The molecule has 0 radical (unpaired) electrons. The number of anilines is 1. The minimum absolute atomic E-state index is 0.0697. The highest BCUT2D eigenvalue weighted by molar-refractivity contribution is 9.10. The van der Waals surface area contributed by atoms with Crippen LogP contribution in [0.15, 0.2) is 46.9 Å². The van der Waals surface area contributed by atoms with E-state index in [2.05, 4.69) is 21.2 Å². The van der Waals surface area contributed by atoms with Gasteiger partial charge in [-0.3, -0.25) is 13.9 Å². The van der Waals surface area contributed by atoms with Gasteiger partial charge in [-0.1, -0.05) is 28.1 Å². The maximum absolute atomic E-state index is 13.4. The number of sulfonamides is 1. The van der Waals surface area contributed by atoms with Crippen LogP contribution >= 0.6 is 15.9 Å². The fraction of sp³-hybridized carbons (Fsp3) is 0.462. The lowest BCUT2D eigenvalue weighted by Gasteiger charge is -2.32. The summed E-state index contributed by atoms with van der Waals surface area (Å²) in [6.07, 6.45) is 1.46. The molecule has 0 fully saturated rings. The Morgan fingerprint density at radius 3 is 2.35 bits per heavy atom. The molecule has 0 bridgehead atoms. The lowest BCUT2D eigenvalue weighted by atomic mass is 10.1. The van der Waals surface area contributed by atoms with Crippen LogP contribution in [-0.4, -0.2) is 56.3 Å². The fourth-order valence-electron chi connectivity index (χ4n) is 3.89. The minimum Gasteiger partial charge on any atom is -0.454 e. The van der Waals surface area contributed by atoms with Crippen LogP contribution in [0.1, 0.15) is 46.1 Å². The van der Waals surface area contributed by atoms with Crippen LogP contribution in [0.25, 0.3) is 0 Å². The summed E-state index contributed by atoms with van der Waals surface area (Å²) in [7, 11) is -3.61. The predicted octanol–water partition coefficient (Wildman–Crippen LogP) is 4.06. The molecule has 2 aromatic carbocycles. The summed E-state index contributed by atoms with van der Waals surface area (Å²) in [5.74, 6) is 0.537. The van der Waals surface area contributed by atoms with Gasteiger partial charge in [0.25, 0.3) is 0 Å². The van der Waals surface area contributed by atoms with Crippen LogP contribution in [0, 0.1) is 0 Å². The first-order valence-corrected chi connectivity index (χ1v) is 14.6. The molecule has 1 aliphatic rings. The normalized spacial score (nSPS) is 13.7. The van der Waals surface area contributed by atoms with Gasteiger partial charge in [-0.15, -0.1) is 0 Å². The predicted molar refractivity (Wildman–Crippen MR) is 146 cm³/mol. The van der Waals surface area contributed by atoms with Gasteiger partial charge >= 0.3 is 0 Å². The Bertz CT molecular complexity index is 1230. The first-order chi connectivity index (χ1) is 17.2. The molecule has 0 saturated heterocycles. The molecule has 1 heterocycles. The maximum atomic E-state index is 13.4. The quantitative estimate of drug-likeness (QED) is 0.444. The summed E-state index contributed by atoms with van der Waals surface area (Å²) in [4.78, 5) is 27.8. The standard InChI is InChI=1S/C26H34BrN3O6S/c1-18(25(32)28-26(2,3)4)29(16-19-8-10-20(27)11-9-19)24(31)7-6-14-30(37(5,33)34)21-12-13-22-23(15-21)36-17-35-22/h8-13,15,18H,6-7,14,16-17H2,1-5H3,(H,28,32). The van der Waals surface area contributed by atoms with Crippen molar-refractivity contribution in [3.05, 3.63) is 52.5 Å². The number of hydrogen-bond acceptors (Lipinski definition) is 6. The zero-order chi connectivity index (χ0) is 27.4. The van der Waals surface area contributed by atoms with Crippen LogP contribution in [0.2, 0.25) is 0 Å². The number of benzene rings is 2. The van der Waals surface area contributed by atoms with E-state index in [1.165, 1.54) is 9.21 Å². The Morgan fingerprint density at radius 1 is 1.08 bits per heavy atom. The third-order valence-electron chi connectivity index (χ3n) is 5.73. The van der Waals surface area contributed by atoms with Crippen molar-refractivity contribution < 1.29 is 27.5 Å². The Balaban J connectivity index is 1.74. The van der Waals surface area contributed by atoms with Gasteiger partial charge in [0.1, 0.15) is 6.04 Å². The molecule has 1 unspecified atom stereocenters. The van der Waals surface area contributed by atoms with Crippen LogP contribution in [0.4, 0.5) is 5.69 Å². The minimum atomic E-state index is -3.61. The molecule has 0 aromatic heterocycles. The third kappa shape index (κ3) is 8.10. The zero-order valence-electron chi connectivity index (χ0n) is 21.8. The molecule has 2 aromatic rings. The largest absolute Gasteiger partial charge is 0.454 e. The highest BCUT2D eigenvalue weighted by Gasteiger charge is 2.29. The molecule has 1 atom stereocenters. The van der Waals surface area contributed by atoms with E-state index < -0.39 is 21.6 Å². The summed E-state index contributed by atoms with van der Waals surface area (Å²) in [6, 6.07) is 11.8. The number of ether oxygens (including phenoxy) is 2. The molecule has 1 aliphatic heterocycles. The number of amides is 2. The number of carbonyl (C=O) groups is 2. The van der Waals surface area contributed by atoms with E-state index in [0.717, 1.165) is 16.3 Å². The lowest BCUT2D eigenvalue weighted by Crippen LogP contribution is -2.52. The number of hydrogen-bond donors (Lipinski definition) is 1. The summed E-state index contributed by atoms with van der Waals surface area (Å²) >= 11 is 3.41. The van der Waals surface area contributed by atoms with Crippen LogP contribution in [0.3, 0.4) is 0 Å². The van der Waals surface area contributed by atoms with Gasteiger partial charge in [-0.25, -0.2) is 8.42 Å². The molecule has 37 heavy (non-hydrogen) atoms. The van der Waals surface area contributed by atoms with Gasteiger partial charge in [-0.05, 0) is 63.9 Å². The van der Waals surface area contributed by atoms with Gasteiger partial charge < -0.3 is 19.7 Å². The topological polar surface area (TPSA) is 105 Å². The summed E-state index contributed by atoms with van der Waals surface area (Å²) < 4.78 is 37.9. The molecular weight excluding hydrogens is 562 g/mol. The second kappa shape index (κ2) is 11.7. The lowest BCUT2D eigenvalue weighted by molar-refractivity contribution is -0.141. The van der Waals surface area contributed by atoms with Crippen molar-refractivity contribution >= 4 is 43.5 Å². The van der Waals surface area contributed by atoms with E-state index >= 15 is 0 Å². The third-order valence-corrected chi connectivity index (χ3v) is 7.45. The number of fused-ring (bicyclic) bond motifs is 1. The van der Waals surface area contributed by atoms with Crippen molar-refractivity contribution in [1.82, 2.24) is 10.2 Å². The zero-order valence-corrected chi connectivity index (χ0v) is 24.2. The number of carbonyl (C=O) groups excluding carboxylic acids is 2. The molecule has 2 amide bonds. The SMILES string of the molecule is CC(C(=O)NC(C)(C)C)N(Cc1ccc(Br)cc1)C(=O)CCCN(c1ccc2c(c1)OCO2)S(C)(=O)=O. The Morgan fingerprint density at radius 2 is 1.73 bits per heavy atom. The highest BCUT2D eigenvalue weighted by atomic mass is 79.9. The van der Waals surface area contributed by atoms with Crippen molar-refractivity contribution in [2.24, 2.45) is 0 Å². The summed E-state index contributed by atoms with van der Waals surface area (Å²) in [6.45, 7) is 7.79. The molecule has 3 rings (SSSR count). The van der Waals surface area contributed by atoms with Gasteiger partial charge in [-0.2, -0.15) is 0 Å². The number of rotatable bonds is 10. The van der Waals surface area contributed by atoms with E-state index in [1.54, 1.807) is 25.1 Å². The van der Waals surface area contributed by atoms with E-state index in [4.69, 9.17) is 9.47 Å². The van der Waals surface area contributed by atoms with Gasteiger partial charge in [0.15, 0.2) is 11.5 Å². The van der Waals surface area contributed by atoms with Crippen LogP contribution in [-0.2, 0) is 26.2 Å². The second-order valence-electron chi connectivity index (χ2n) is 10.0. The number of halogens is 1. The molecule has 9 nitrogen and oxygen atoms in total. The molecule has 1 N–H and O–H groups in total. The molecule has 0 spiro atoms.